The van der Waals surface area contributed by atoms with Crippen LogP contribution in [-0.2, 0) is 0 Å². The van der Waals surface area contributed by atoms with E-state index in [0.717, 1.165) is 16.9 Å². The Kier molecular flexibility index (Phi) is 4.44. The Morgan fingerprint density at radius 3 is 2.24 bits per heavy atom. The molecule has 6 nitrogen and oxygen atoms in total. The van der Waals surface area contributed by atoms with Gasteiger partial charge in [-0.3, -0.25) is 4.79 Å². The number of fused-ring (bicyclic) bond motifs is 1. The minimum atomic E-state index is -0.340. The standard InChI is InChI=1S/C19H22N2O4/c1-11-6-7-15(23-3)13(8-11)18-20-14-10-17(25-5)16(24-4)9-12(14)19(22)21(18)2/h6-10,18,20H,1-5H3/t18-/m0/s1. The summed E-state index contributed by atoms with van der Waals surface area (Å²) in [5.41, 5.74) is 3.24. The van der Waals surface area contributed by atoms with E-state index in [9.17, 15) is 4.79 Å². The number of benzene rings is 2. The quantitative estimate of drug-likeness (QED) is 0.924. The van der Waals surface area contributed by atoms with E-state index < -0.39 is 0 Å². The molecule has 2 aromatic rings. The third kappa shape index (κ3) is 2.84. The zero-order valence-corrected chi connectivity index (χ0v) is 15.0. The van der Waals surface area contributed by atoms with Crippen LogP contribution in [0.3, 0.4) is 0 Å². The topological polar surface area (TPSA) is 60.0 Å². The third-order valence-electron chi connectivity index (χ3n) is 4.43. The van der Waals surface area contributed by atoms with Crippen molar-refractivity contribution in [3.63, 3.8) is 0 Å². The number of carbonyl (C=O) groups excluding carboxylic acids is 1. The molecular formula is C19H22N2O4. The molecule has 6 heteroatoms. The van der Waals surface area contributed by atoms with Crippen LogP contribution >= 0.6 is 0 Å². The van der Waals surface area contributed by atoms with Crippen molar-refractivity contribution in [2.75, 3.05) is 33.7 Å². The maximum atomic E-state index is 12.9. The number of nitrogens with zero attached hydrogens (tertiary/aromatic N) is 1. The normalized spacial score (nSPS) is 16.1. The Hall–Kier alpha value is -2.89. The number of methoxy groups -OCH3 is 3. The molecule has 1 heterocycles. The first-order valence-electron chi connectivity index (χ1n) is 7.94. The SMILES string of the molecule is COc1cc2c(cc1OC)C(=O)N(C)[C@@H](c1cc(C)ccc1OC)N2. The number of amides is 1. The maximum absolute atomic E-state index is 12.9. The molecule has 1 atom stereocenters. The van der Waals surface area contributed by atoms with Crippen LogP contribution in [0.1, 0.15) is 27.7 Å². The predicted molar refractivity (Wildman–Crippen MR) is 95.7 cm³/mol. The summed E-state index contributed by atoms with van der Waals surface area (Å²) in [5, 5.41) is 3.41. The van der Waals surface area contributed by atoms with E-state index in [1.165, 1.54) is 0 Å². The molecule has 1 N–H and O–H groups in total. The second kappa shape index (κ2) is 6.55. The molecule has 132 valence electrons. The van der Waals surface area contributed by atoms with Gasteiger partial charge in [-0.15, -0.1) is 0 Å². The second-order valence-corrected chi connectivity index (χ2v) is 5.96. The molecule has 0 unspecified atom stereocenters. The molecule has 25 heavy (non-hydrogen) atoms. The molecule has 0 saturated carbocycles. The highest BCUT2D eigenvalue weighted by atomic mass is 16.5. The van der Waals surface area contributed by atoms with Crippen molar-refractivity contribution in [2.45, 2.75) is 13.1 Å². The molecule has 0 saturated heterocycles. The van der Waals surface area contributed by atoms with E-state index >= 15 is 0 Å². The van der Waals surface area contributed by atoms with Crippen LogP contribution in [0, 0.1) is 6.92 Å². The minimum Gasteiger partial charge on any atom is -0.496 e. The van der Waals surface area contributed by atoms with Gasteiger partial charge in [0.25, 0.3) is 5.91 Å². The van der Waals surface area contributed by atoms with Crippen molar-refractivity contribution in [1.29, 1.82) is 0 Å². The fourth-order valence-electron chi connectivity index (χ4n) is 3.08. The van der Waals surface area contributed by atoms with E-state index in [1.807, 2.05) is 25.1 Å². The largest absolute Gasteiger partial charge is 0.496 e. The maximum Gasteiger partial charge on any atom is 0.257 e. The summed E-state index contributed by atoms with van der Waals surface area (Å²) in [5.74, 6) is 1.73. The Bertz CT molecular complexity index is 819. The number of hydrogen-bond donors (Lipinski definition) is 1. The Balaban J connectivity index is 2.10. The smallest absolute Gasteiger partial charge is 0.257 e. The zero-order chi connectivity index (χ0) is 18.1. The van der Waals surface area contributed by atoms with E-state index in [1.54, 1.807) is 45.4 Å². The summed E-state index contributed by atoms with van der Waals surface area (Å²) in [7, 11) is 6.51. The van der Waals surface area contributed by atoms with E-state index in [4.69, 9.17) is 14.2 Å². The average Bonchev–Trinajstić information content (AvgIpc) is 2.63. The molecule has 1 aliphatic rings. The van der Waals surface area contributed by atoms with E-state index in [0.29, 0.717) is 22.7 Å². The second-order valence-electron chi connectivity index (χ2n) is 5.96. The molecule has 0 fully saturated rings. The molecular weight excluding hydrogens is 320 g/mol. The van der Waals surface area contributed by atoms with Crippen molar-refractivity contribution >= 4 is 11.6 Å². The number of carbonyl (C=O) groups is 1. The van der Waals surface area contributed by atoms with Gasteiger partial charge in [0.1, 0.15) is 11.9 Å². The Labute approximate surface area is 147 Å². The first-order valence-corrected chi connectivity index (χ1v) is 7.94. The fourth-order valence-corrected chi connectivity index (χ4v) is 3.08. The third-order valence-corrected chi connectivity index (χ3v) is 4.43. The van der Waals surface area contributed by atoms with Gasteiger partial charge in [0.2, 0.25) is 0 Å². The van der Waals surface area contributed by atoms with Crippen molar-refractivity contribution in [2.24, 2.45) is 0 Å². The van der Waals surface area contributed by atoms with Gasteiger partial charge >= 0.3 is 0 Å². The van der Waals surface area contributed by atoms with Gasteiger partial charge in [0.05, 0.1) is 32.6 Å². The molecule has 2 aromatic carbocycles. The summed E-state index contributed by atoms with van der Waals surface area (Å²) in [6.45, 7) is 2.01. The number of anilines is 1. The van der Waals surface area contributed by atoms with E-state index in [-0.39, 0.29) is 12.1 Å². The first-order chi connectivity index (χ1) is 12.0. The van der Waals surface area contributed by atoms with Crippen LogP contribution in [0.4, 0.5) is 5.69 Å². The minimum absolute atomic E-state index is 0.0942. The Morgan fingerprint density at radius 2 is 1.60 bits per heavy atom. The van der Waals surface area contributed by atoms with Gasteiger partial charge in [-0.2, -0.15) is 0 Å². The summed E-state index contributed by atoms with van der Waals surface area (Å²) in [4.78, 5) is 14.6. The molecule has 0 bridgehead atoms. The fraction of sp³-hybridized carbons (Fsp3) is 0.316. The van der Waals surface area contributed by atoms with Crippen LogP contribution in [-0.4, -0.2) is 39.2 Å². The lowest BCUT2D eigenvalue weighted by molar-refractivity contribution is 0.0733. The average molecular weight is 342 g/mol. The number of nitrogens with one attached hydrogen (secondary N) is 1. The van der Waals surface area contributed by atoms with Gasteiger partial charge < -0.3 is 24.4 Å². The Morgan fingerprint density at radius 1 is 0.960 bits per heavy atom. The lowest BCUT2D eigenvalue weighted by atomic mass is 10.0. The van der Waals surface area contributed by atoms with E-state index in [2.05, 4.69) is 5.32 Å². The van der Waals surface area contributed by atoms with Crippen LogP contribution in [0.5, 0.6) is 17.2 Å². The molecule has 0 aliphatic carbocycles. The highest BCUT2D eigenvalue weighted by Gasteiger charge is 2.33. The summed E-state index contributed by atoms with van der Waals surface area (Å²) in [6, 6.07) is 9.40. The lowest BCUT2D eigenvalue weighted by Crippen LogP contribution is -2.40. The molecule has 0 radical (unpaired) electrons. The molecule has 1 aliphatic heterocycles. The van der Waals surface area contributed by atoms with Gasteiger partial charge in [-0.05, 0) is 25.1 Å². The molecule has 0 aromatic heterocycles. The van der Waals surface area contributed by atoms with Crippen LogP contribution in [0.2, 0.25) is 0 Å². The summed E-state index contributed by atoms with van der Waals surface area (Å²) < 4.78 is 16.1. The van der Waals surface area contributed by atoms with Gasteiger partial charge in [-0.1, -0.05) is 11.6 Å². The molecule has 1 amide bonds. The number of rotatable bonds is 4. The number of aryl methyl sites for hydroxylation is 1. The summed E-state index contributed by atoms with van der Waals surface area (Å²) in [6.07, 6.45) is -0.340. The highest BCUT2D eigenvalue weighted by molar-refractivity contribution is 6.02. The first kappa shape index (κ1) is 17.0. The van der Waals surface area contributed by atoms with Crippen molar-refractivity contribution in [1.82, 2.24) is 4.90 Å². The van der Waals surface area contributed by atoms with Crippen LogP contribution in [0.15, 0.2) is 30.3 Å². The highest BCUT2D eigenvalue weighted by Crippen LogP contribution is 2.41. The monoisotopic (exact) mass is 342 g/mol. The van der Waals surface area contributed by atoms with Gasteiger partial charge in [-0.25, -0.2) is 0 Å². The van der Waals surface area contributed by atoms with Crippen LogP contribution < -0.4 is 19.5 Å². The molecule has 3 rings (SSSR count). The predicted octanol–water partition coefficient (Wildman–Crippen LogP) is 3.22. The zero-order valence-electron chi connectivity index (χ0n) is 15.0. The van der Waals surface area contributed by atoms with Gasteiger partial charge in [0.15, 0.2) is 11.5 Å². The van der Waals surface area contributed by atoms with Crippen molar-refractivity contribution in [3.8, 4) is 17.2 Å². The van der Waals surface area contributed by atoms with Crippen molar-refractivity contribution in [3.05, 3.63) is 47.0 Å². The van der Waals surface area contributed by atoms with Gasteiger partial charge in [0, 0.05) is 18.7 Å². The van der Waals surface area contributed by atoms with Crippen molar-refractivity contribution < 1.29 is 19.0 Å². The number of ether oxygens (including phenoxy) is 3. The van der Waals surface area contributed by atoms with Crippen LogP contribution in [0.25, 0.3) is 0 Å². The lowest BCUT2D eigenvalue weighted by Gasteiger charge is -2.36. The number of hydrogen-bond acceptors (Lipinski definition) is 5. The summed E-state index contributed by atoms with van der Waals surface area (Å²) >= 11 is 0. The molecule has 0 spiro atoms.